The Labute approximate surface area is 63.6 Å². The third kappa shape index (κ3) is 1.30. The highest BCUT2D eigenvalue weighted by molar-refractivity contribution is 7.27. The Bertz CT molecular complexity index is 212. The Morgan fingerprint density at radius 2 is 2.10 bits per heavy atom. The van der Waals surface area contributed by atoms with Crippen LogP contribution in [0.15, 0.2) is 18.2 Å². The van der Waals surface area contributed by atoms with Gasteiger partial charge in [-0.2, -0.15) is 0 Å². The molecule has 1 atom stereocenters. The molecule has 2 heteroatoms. The zero-order valence-electron chi connectivity index (χ0n) is 6.22. The molecule has 10 heavy (non-hydrogen) atoms. The zero-order valence-corrected chi connectivity index (χ0v) is 7.37. The molecular formula is C8H11OP. The summed E-state index contributed by atoms with van der Waals surface area (Å²) in [4.78, 5) is 0. The molecule has 1 nitrogen and oxygen atoms in total. The molecule has 54 valence electrons. The van der Waals surface area contributed by atoms with Gasteiger partial charge in [-0.05, 0) is 12.5 Å². The van der Waals surface area contributed by atoms with Crippen LogP contribution in [0.25, 0.3) is 0 Å². The molecule has 1 unspecified atom stereocenters. The fourth-order valence-corrected chi connectivity index (χ4v) is 1.41. The van der Waals surface area contributed by atoms with Crippen molar-refractivity contribution < 1.29 is 4.74 Å². The molecule has 0 heterocycles. The van der Waals surface area contributed by atoms with Crippen molar-refractivity contribution in [3.63, 3.8) is 0 Å². The highest BCUT2D eigenvalue weighted by Gasteiger charge is 1.98. The highest BCUT2D eigenvalue weighted by atomic mass is 31.0. The average Bonchev–Trinajstić information content (AvgIpc) is 1.88. The Morgan fingerprint density at radius 3 is 2.50 bits per heavy atom. The number of ether oxygens (including phenoxy) is 1. The Morgan fingerprint density at radius 1 is 1.40 bits per heavy atom. The molecule has 1 aromatic carbocycles. The predicted octanol–water partition coefficient (Wildman–Crippen LogP) is 1.50. The van der Waals surface area contributed by atoms with Gasteiger partial charge in [0.25, 0.3) is 0 Å². The van der Waals surface area contributed by atoms with E-state index in [-0.39, 0.29) is 0 Å². The first-order chi connectivity index (χ1) is 4.75. The molecule has 1 aromatic rings. The molecule has 0 fully saturated rings. The van der Waals surface area contributed by atoms with Crippen LogP contribution in [0.2, 0.25) is 0 Å². The number of rotatable bonds is 1. The van der Waals surface area contributed by atoms with E-state index in [0.29, 0.717) is 0 Å². The van der Waals surface area contributed by atoms with Crippen molar-refractivity contribution in [3.8, 4) is 5.75 Å². The van der Waals surface area contributed by atoms with Crippen LogP contribution in [0.5, 0.6) is 5.75 Å². The third-order valence-corrected chi connectivity index (χ3v) is 1.90. The molecule has 0 aliphatic carbocycles. The number of aryl methyl sites for hydroxylation is 1. The predicted molar refractivity (Wildman–Crippen MR) is 47.1 cm³/mol. The monoisotopic (exact) mass is 154 g/mol. The quantitative estimate of drug-likeness (QED) is 0.557. The number of hydrogen-bond donors (Lipinski definition) is 0. The lowest BCUT2D eigenvalue weighted by Gasteiger charge is -2.05. The van der Waals surface area contributed by atoms with Gasteiger partial charge in [0.15, 0.2) is 0 Å². The number of methoxy groups -OCH3 is 1. The van der Waals surface area contributed by atoms with E-state index >= 15 is 0 Å². The second-order valence-electron chi connectivity index (χ2n) is 2.20. The van der Waals surface area contributed by atoms with Gasteiger partial charge in [0.05, 0.1) is 7.11 Å². The maximum Gasteiger partial charge on any atom is 0.128 e. The van der Waals surface area contributed by atoms with Crippen molar-refractivity contribution in [1.29, 1.82) is 0 Å². The first-order valence-electron chi connectivity index (χ1n) is 3.15. The molecule has 0 saturated heterocycles. The van der Waals surface area contributed by atoms with E-state index in [1.165, 1.54) is 5.56 Å². The standard InChI is InChI=1S/C8H11OP/c1-6-4-3-5-7(10)8(6)9-2/h3-5H,10H2,1-2H3. The summed E-state index contributed by atoms with van der Waals surface area (Å²) in [5.41, 5.74) is 1.18. The minimum Gasteiger partial charge on any atom is -0.496 e. The molecule has 0 spiro atoms. The first kappa shape index (κ1) is 7.56. The summed E-state index contributed by atoms with van der Waals surface area (Å²) < 4.78 is 5.15. The first-order valence-corrected chi connectivity index (χ1v) is 3.72. The van der Waals surface area contributed by atoms with Gasteiger partial charge in [-0.3, -0.25) is 0 Å². The van der Waals surface area contributed by atoms with Crippen LogP contribution in [0.4, 0.5) is 0 Å². The molecule has 0 N–H and O–H groups in total. The van der Waals surface area contributed by atoms with Crippen molar-refractivity contribution in [3.05, 3.63) is 23.8 Å². The van der Waals surface area contributed by atoms with Gasteiger partial charge in [0.2, 0.25) is 0 Å². The van der Waals surface area contributed by atoms with E-state index in [4.69, 9.17) is 4.74 Å². The fraction of sp³-hybridized carbons (Fsp3) is 0.250. The van der Waals surface area contributed by atoms with Crippen LogP contribution in [0.1, 0.15) is 5.56 Å². The lowest BCUT2D eigenvalue weighted by atomic mass is 10.2. The molecule has 1 rings (SSSR count). The van der Waals surface area contributed by atoms with Gasteiger partial charge < -0.3 is 4.74 Å². The lowest BCUT2D eigenvalue weighted by molar-refractivity contribution is 0.415. The molecule has 0 radical (unpaired) electrons. The van der Waals surface area contributed by atoms with Gasteiger partial charge in [0, 0.05) is 5.30 Å². The number of hydrogen-bond acceptors (Lipinski definition) is 1. The lowest BCUT2D eigenvalue weighted by Crippen LogP contribution is -1.99. The summed E-state index contributed by atoms with van der Waals surface area (Å²) in [5.74, 6) is 0.965. The summed E-state index contributed by atoms with van der Waals surface area (Å²) in [5, 5.41) is 1.11. The molecule has 0 aliphatic heterocycles. The van der Waals surface area contributed by atoms with Crippen molar-refractivity contribution in [2.45, 2.75) is 6.92 Å². The Balaban J connectivity index is 3.17. The largest absolute Gasteiger partial charge is 0.496 e. The zero-order chi connectivity index (χ0) is 7.56. The summed E-state index contributed by atoms with van der Waals surface area (Å²) in [6, 6.07) is 6.06. The third-order valence-electron chi connectivity index (χ3n) is 1.45. The van der Waals surface area contributed by atoms with Crippen molar-refractivity contribution in [1.82, 2.24) is 0 Å². The van der Waals surface area contributed by atoms with E-state index in [1.807, 2.05) is 25.1 Å². The summed E-state index contributed by atoms with van der Waals surface area (Å²) >= 11 is 0. The minimum atomic E-state index is 0.965. The van der Waals surface area contributed by atoms with Gasteiger partial charge >= 0.3 is 0 Å². The van der Waals surface area contributed by atoms with Crippen molar-refractivity contribution in [2.24, 2.45) is 0 Å². The Kier molecular flexibility index (Phi) is 2.29. The van der Waals surface area contributed by atoms with Crippen LogP contribution in [0, 0.1) is 6.92 Å². The molecule has 0 aromatic heterocycles. The number of benzene rings is 1. The van der Waals surface area contributed by atoms with Crippen molar-refractivity contribution in [2.75, 3.05) is 7.11 Å². The van der Waals surface area contributed by atoms with Crippen LogP contribution >= 0.6 is 9.24 Å². The SMILES string of the molecule is COc1c(C)cccc1P. The molecule has 0 amide bonds. The van der Waals surface area contributed by atoms with Gasteiger partial charge in [0.1, 0.15) is 5.75 Å². The average molecular weight is 154 g/mol. The minimum absolute atomic E-state index is 0.965. The molecular weight excluding hydrogens is 143 g/mol. The van der Waals surface area contributed by atoms with Gasteiger partial charge in [-0.15, -0.1) is 9.24 Å². The highest BCUT2D eigenvalue weighted by Crippen LogP contribution is 2.15. The van der Waals surface area contributed by atoms with E-state index in [0.717, 1.165) is 11.1 Å². The second-order valence-corrected chi connectivity index (χ2v) is 2.82. The molecule has 0 saturated carbocycles. The smallest absolute Gasteiger partial charge is 0.128 e. The topological polar surface area (TPSA) is 9.23 Å². The second kappa shape index (κ2) is 3.03. The Hall–Kier alpha value is -0.550. The van der Waals surface area contributed by atoms with E-state index in [2.05, 4.69) is 9.24 Å². The van der Waals surface area contributed by atoms with Gasteiger partial charge in [-0.25, -0.2) is 0 Å². The maximum absolute atomic E-state index is 5.15. The summed E-state index contributed by atoms with van der Waals surface area (Å²) in [6.07, 6.45) is 0. The summed E-state index contributed by atoms with van der Waals surface area (Å²) in [7, 11) is 4.33. The molecule has 0 aliphatic rings. The fourth-order valence-electron chi connectivity index (χ4n) is 0.954. The number of para-hydroxylation sites is 1. The van der Waals surface area contributed by atoms with E-state index in [9.17, 15) is 0 Å². The van der Waals surface area contributed by atoms with Crippen molar-refractivity contribution >= 4 is 14.5 Å². The van der Waals surface area contributed by atoms with Crippen LogP contribution in [-0.4, -0.2) is 7.11 Å². The van der Waals surface area contributed by atoms with E-state index in [1.54, 1.807) is 7.11 Å². The van der Waals surface area contributed by atoms with Crippen LogP contribution in [0.3, 0.4) is 0 Å². The van der Waals surface area contributed by atoms with Crippen LogP contribution in [-0.2, 0) is 0 Å². The maximum atomic E-state index is 5.15. The van der Waals surface area contributed by atoms with Gasteiger partial charge in [-0.1, -0.05) is 18.2 Å². The normalized spacial score (nSPS) is 9.50. The van der Waals surface area contributed by atoms with Crippen LogP contribution < -0.4 is 10.0 Å². The molecule has 0 bridgehead atoms. The van der Waals surface area contributed by atoms with E-state index < -0.39 is 0 Å². The summed E-state index contributed by atoms with van der Waals surface area (Å²) in [6.45, 7) is 2.03.